The van der Waals surface area contributed by atoms with E-state index in [1.807, 2.05) is 26.0 Å². The maximum absolute atomic E-state index is 13.3. The van der Waals surface area contributed by atoms with Gasteiger partial charge in [0.2, 0.25) is 0 Å². The summed E-state index contributed by atoms with van der Waals surface area (Å²) in [5, 5.41) is 18.8. The van der Waals surface area contributed by atoms with Crippen LogP contribution in [0.25, 0.3) is 16.5 Å². The maximum Gasteiger partial charge on any atom is 0.255 e. The van der Waals surface area contributed by atoms with Crippen LogP contribution >= 0.6 is 0 Å². The van der Waals surface area contributed by atoms with Crippen molar-refractivity contribution < 1.29 is 23.8 Å². The molecule has 40 heavy (non-hydrogen) atoms. The monoisotopic (exact) mass is 542 g/mol. The predicted molar refractivity (Wildman–Crippen MR) is 149 cm³/mol. The first-order chi connectivity index (χ1) is 19.1. The number of ether oxygens (including phenoxy) is 1. The summed E-state index contributed by atoms with van der Waals surface area (Å²) >= 11 is 0. The van der Waals surface area contributed by atoms with Gasteiger partial charge >= 0.3 is 0 Å². The third-order valence-electron chi connectivity index (χ3n) is 9.48. The number of rotatable bonds is 5. The van der Waals surface area contributed by atoms with Crippen molar-refractivity contribution in [2.45, 2.75) is 70.9 Å². The Labute approximate surface area is 232 Å². The van der Waals surface area contributed by atoms with Crippen molar-refractivity contribution >= 4 is 28.3 Å². The highest BCUT2D eigenvalue weighted by molar-refractivity contribution is 6.07. The molecule has 9 heteroatoms. The van der Waals surface area contributed by atoms with Crippen molar-refractivity contribution in [3.63, 3.8) is 0 Å². The van der Waals surface area contributed by atoms with Gasteiger partial charge in [-0.25, -0.2) is 4.52 Å². The number of hydrogen-bond donors (Lipinski definition) is 2. The molecule has 2 aliphatic carbocycles. The lowest BCUT2D eigenvalue weighted by molar-refractivity contribution is -0.0147. The van der Waals surface area contributed by atoms with Crippen molar-refractivity contribution in [1.29, 1.82) is 0 Å². The molecular formula is C31H34N4O5. The summed E-state index contributed by atoms with van der Waals surface area (Å²) in [7, 11) is 0. The van der Waals surface area contributed by atoms with E-state index in [9.17, 15) is 14.7 Å². The van der Waals surface area contributed by atoms with Crippen LogP contribution in [-0.2, 0) is 0 Å². The van der Waals surface area contributed by atoms with Gasteiger partial charge in [-0.1, -0.05) is 6.42 Å². The predicted octanol–water partition coefficient (Wildman–Crippen LogP) is 5.15. The number of likely N-dealkylation sites (tertiary alicyclic amines) is 1. The minimum atomic E-state index is -0.866. The van der Waals surface area contributed by atoms with Crippen LogP contribution in [0.15, 0.2) is 41.1 Å². The highest BCUT2D eigenvalue weighted by Crippen LogP contribution is 2.56. The van der Waals surface area contributed by atoms with Gasteiger partial charge in [-0.3, -0.25) is 9.59 Å². The van der Waals surface area contributed by atoms with Gasteiger partial charge in [0, 0.05) is 42.8 Å². The van der Waals surface area contributed by atoms with E-state index in [1.54, 1.807) is 40.9 Å². The number of fused-ring (bicyclic) bond motifs is 2. The number of carbonyl (C=O) groups excluding carboxylic acids is 2. The number of amides is 2. The van der Waals surface area contributed by atoms with E-state index in [0.29, 0.717) is 64.4 Å². The molecule has 208 valence electrons. The molecule has 0 bridgehead atoms. The first-order valence-corrected chi connectivity index (χ1v) is 14.1. The second kappa shape index (κ2) is 8.83. The van der Waals surface area contributed by atoms with E-state index in [4.69, 9.17) is 9.15 Å². The molecule has 4 heterocycles. The first-order valence-electron chi connectivity index (χ1n) is 14.1. The Hall–Kier alpha value is -3.85. The van der Waals surface area contributed by atoms with Crippen LogP contribution in [0.4, 0.5) is 0 Å². The molecule has 1 aliphatic heterocycles. The van der Waals surface area contributed by atoms with Gasteiger partial charge in [0.05, 0.1) is 22.9 Å². The van der Waals surface area contributed by atoms with E-state index >= 15 is 0 Å². The van der Waals surface area contributed by atoms with E-state index in [0.717, 1.165) is 17.4 Å². The largest absolute Gasteiger partial charge is 0.460 e. The van der Waals surface area contributed by atoms with Crippen molar-refractivity contribution in [3.05, 3.63) is 59.1 Å². The molecule has 1 aromatic carbocycles. The van der Waals surface area contributed by atoms with Crippen LogP contribution in [-0.4, -0.2) is 56.2 Å². The molecule has 7 rings (SSSR count). The summed E-state index contributed by atoms with van der Waals surface area (Å²) in [4.78, 5) is 28.2. The molecule has 3 fully saturated rings. The highest BCUT2D eigenvalue weighted by Gasteiger charge is 2.51. The van der Waals surface area contributed by atoms with Crippen LogP contribution in [0.5, 0.6) is 11.5 Å². The number of nitrogens with one attached hydrogen (secondary N) is 1. The number of benzene rings is 1. The Morgan fingerprint density at radius 3 is 2.67 bits per heavy atom. The van der Waals surface area contributed by atoms with Crippen LogP contribution < -0.4 is 10.1 Å². The van der Waals surface area contributed by atoms with Gasteiger partial charge in [0.25, 0.3) is 11.8 Å². The molecule has 4 aromatic rings. The molecule has 0 radical (unpaired) electrons. The fourth-order valence-corrected chi connectivity index (χ4v) is 6.86. The number of hydrogen-bond acceptors (Lipinski definition) is 6. The number of aliphatic hydroxyl groups is 1. The lowest BCUT2D eigenvalue weighted by Gasteiger charge is -2.56. The Morgan fingerprint density at radius 2 is 2.00 bits per heavy atom. The quantitative estimate of drug-likeness (QED) is 0.361. The molecule has 3 aliphatic rings. The molecule has 2 N–H and O–H groups in total. The molecule has 0 unspecified atom stereocenters. The Balaban J connectivity index is 1.15. The summed E-state index contributed by atoms with van der Waals surface area (Å²) in [6.45, 7) is 6.27. The summed E-state index contributed by atoms with van der Waals surface area (Å²) in [6, 6.07) is 7.52. The number of β-amino-alcohol motifs (C(OH)–C–C–N with tert-alkyl or cyclic N) is 1. The standard InChI is InChI=1S/C31H34N4O5/c1-18-22(29(37)34-14-12-30(3,38)17-34)16-35-27(18)23(8-13-32-35)40-20-5-6-21-24(15-20)39-19(2)26(21)28(36)33-25-7-11-31(25)9-4-10-31/h5-6,8,13,15-16,25,38H,4,7,9-12,14,17H2,1-3H3,(H,33,36)/t25-,30+/m0/s1. The molecule has 2 atom stereocenters. The number of aryl methyl sites for hydroxylation is 2. The van der Waals surface area contributed by atoms with Crippen LogP contribution in [0.1, 0.15) is 77.5 Å². The second-order valence-corrected chi connectivity index (χ2v) is 12.2. The Bertz CT molecular complexity index is 1670. The van der Waals surface area contributed by atoms with Gasteiger partial charge in [0.15, 0.2) is 5.75 Å². The summed E-state index contributed by atoms with van der Waals surface area (Å²) < 4.78 is 14.0. The zero-order valence-electron chi connectivity index (χ0n) is 23.1. The Morgan fingerprint density at radius 1 is 1.18 bits per heavy atom. The Kier molecular flexibility index (Phi) is 5.55. The van der Waals surface area contributed by atoms with E-state index < -0.39 is 5.60 Å². The number of carbonyl (C=O) groups is 2. The fraction of sp³-hybridized carbons (Fsp3) is 0.452. The lowest BCUT2D eigenvalue weighted by atomic mass is 9.53. The van der Waals surface area contributed by atoms with Gasteiger partial charge in [-0.2, -0.15) is 5.10 Å². The molecule has 9 nitrogen and oxygen atoms in total. The van der Waals surface area contributed by atoms with Gasteiger partial charge in [0.1, 0.15) is 22.6 Å². The fourth-order valence-electron chi connectivity index (χ4n) is 6.86. The second-order valence-electron chi connectivity index (χ2n) is 12.2. The lowest BCUT2D eigenvalue weighted by Crippen LogP contribution is -2.58. The van der Waals surface area contributed by atoms with Gasteiger partial charge in [-0.15, -0.1) is 0 Å². The van der Waals surface area contributed by atoms with E-state index in [-0.39, 0.29) is 17.9 Å². The third kappa shape index (κ3) is 3.90. The number of nitrogens with zero attached hydrogens (tertiary/aromatic N) is 3. The zero-order chi connectivity index (χ0) is 27.8. The summed E-state index contributed by atoms with van der Waals surface area (Å²) in [5.74, 6) is 1.49. The van der Waals surface area contributed by atoms with Crippen LogP contribution in [0.3, 0.4) is 0 Å². The topological polar surface area (TPSA) is 109 Å². The third-order valence-corrected chi connectivity index (χ3v) is 9.48. The minimum absolute atomic E-state index is 0.0720. The van der Waals surface area contributed by atoms with Gasteiger partial charge < -0.3 is 24.5 Å². The first kappa shape index (κ1) is 25.1. The van der Waals surface area contributed by atoms with Crippen molar-refractivity contribution in [3.8, 4) is 11.5 Å². The SMILES string of the molecule is Cc1oc2cc(Oc3ccnn4cc(C(=O)N5CC[C@@](C)(O)C5)c(C)c34)ccc2c1C(=O)N[C@H]1CCC12CCC2. The zero-order valence-corrected chi connectivity index (χ0v) is 23.1. The molecular weight excluding hydrogens is 508 g/mol. The van der Waals surface area contributed by atoms with E-state index in [1.165, 1.54) is 25.7 Å². The van der Waals surface area contributed by atoms with Crippen molar-refractivity contribution in [2.24, 2.45) is 5.41 Å². The average Bonchev–Trinajstić information content (AvgIpc) is 3.52. The molecule has 2 saturated carbocycles. The highest BCUT2D eigenvalue weighted by atomic mass is 16.5. The smallest absolute Gasteiger partial charge is 0.255 e. The molecule has 1 saturated heterocycles. The molecule has 3 aromatic heterocycles. The minimum Gasteiger partial charge on any atom is -0.460 e. The van der Waals surface area contributed by atoms with Gasteiger partial charge in [-0.05, 0) is 76.0 Å². The van der Waals surface area contributed by atoms with E-state index in [2.05, 4.69) is 10.4 Å². The maximum atomic E-state index is 13.3. The van der Waals surface area contributed by atoms with Crippen LogP contribution in [0, 0.1) is 19.3 Å². The normalized spacial score (nSPS) is 23.4. The number of aromatic nitrogens is 2. The average molecular weight is 543 g/mol. The molecule has 2 amide bonds. The van der Waals surface area contributed by atoms with Crippen molar-refractivity contribution in [1.82, 2.24) is 19.8 Å². The van der Waals surface area contributed by atoms with Crippen molar-refractivity contribution in [2.75, 3.05) is 13.1 Å². The summed E-state index contributed by atoms with van der Waals surface area (Å²) in [5.41, 5.74) is 2.61. The number of furan rings is 1. The summed E-state index contributed by atoms with van der Waals surface area (Å²) in [6.07, 6.45) is 9.84. The molecule has 1 spiro atoms. The van der Waals surface area contributed by atoms with Crippen LogP contribution in [0.2, 0.25) is 0 Å².